The molecule has 2 N–H and O–H groups in total. The standard InChI is InChI=1S/C23H27N3O3S/c1-16-17(2)25-22-10-9-18(13-21(16)22)15-24-23(27)19-7-6-8-20(14-19)30(28,29)26-11-4-3-5-12-26/h6-10,13-14,25H,3-5,11-12,15H2,1-2H3,(H,24,27). The van der Waals surface area contributed by atoms with E-state index >= 15 is 0 Å². The molecule has 0 unspecified atom stereocenters. The Morgan fingerprint density at radius 3 is 2.60 bits per heavy atom. The van der Waals surface area contributed by atoms with Crippen molar-refractivity contribution >= 4 is 26.8 Å². The number of nitrogens with one attached hydrogen (secondary N) is 2. The molecule has 1 saturated heterocycles. The number of rotatable bonds is 5. The summed E-state index contributed by atoms with van der Waals surface area (Å²) in [5, 5.41) is 4.05. The fraction of sp³-hybridized carbons (Fsp3) is 0.348. The molecule has 0 atom stereocenters. The summed E-state index contributed by atoms with van der Waals surface area (Å²) in [5.41, 5.74) is 4.76. The lowest BCUT2D eigenvalue weighted by molar-refractivity contribution is 0.0950. The normalized spacial score (nSPS) is 15.4. The van der Waals surface area contributed by atoms with Gasteiger partial charge in [-0.2, -0.15) is 4.31 Å². The van der Waals surface area contributed by atoms with Gasteiger partial charge < -0.3 is 10.3 Å². The largest absolute Gasteiger partial charge is 0.358 e. The van der Waals surface area contributed by atoms with E-state index in [1.807, 2.05) is 19.1 Å². The van der Waals surface area contributed by atoms with Crippen LogP contribution in [0.5, 0.6) is 0 Å². The Balaban J connectivity index is 1.49. The maximum atomic E-state index is 12.9. The molecule has 1 aliphatic heterocycles. The van der Waals surface area contributed by atoms with E-state index in [0.29, 0.717) is 25.2 Å². The van der Waals surface area contributed by atoms with Gasteiger partial charge in [0.25, 0.3) is 5.91 Å². The Bertz CT molecular complexity index is 1190. The number of carbonyl (C=O) groups excluding carboxylic acids is 1. The highest BCUT2D eigenvalue weighted by Crippen LogP contribution is 2.23. The Hall–Kier alpha value is -2.64. The van der Waals surface area contributed by atoms with E-state index in [9.17, 15) is 13.2 Å². The van der Waals surface area contributed by atoms with Crippen molar-refractivity contribution in [1.82, 2.24) is 14.6 Å². The molecule has 1 amide bonds. The Morgan fingerprint density at radius 2 is 1.83 bits per heavy atom. The third-order valence-electron chi connectivity index (χ3n) is 5.87. The molecule has 7 heteroatoms. The smallest absolute Gasteiger partial charge is 0.251 e. The van der Waals surface area contributed by atoms with Gasteiger partial charge in [0.05, 0.1) is 4.90 Å². The van der Waals surface area contributed by atoms with Gasteiger partial charge in [-0.1, -0.05) is 18.6 Å². The van der Waals surface area contributed by atoms with Gasteiger partial charge in [0, 0.05) is 41.8 Å². The highest BCUT2D eigenvalue weighted by atomic mass is 32.2. The summed E-state index contributed by atoms with van der Waals surface area (Å²) < 4.78 is 27.3. The number of carbonyl (C=O) groups is 1. The zero-order chi connectivity index (χ0) is 21.3. The second kappa shape index (κ2) is 8.24. The van der Waals surface area contributed by atoms with Gasteiger partial charge in [0.2, 0.25) is 10.0 Å². The maximum Gasteiger partial charge on any atom is 0.251 e. The van der Waals surface area contributed by atoms with Gasteiger partial charge in [-0.3, -0.25) is 4.79 Å². The average molecular weight is 426 g/mol. The molecule has 3 aromatic rings. The number of benzene rings is 2. The summed E-state index contributed by atoms with van der Waals surface area (Å²) in [7, 11) is -3.56. The first-order valence-electron chi connectivity index (χ1n) is 10.3. The molecule has 4 rings (SSSR count). The summed E-state index contributed by atoms with van der Waals surface area (Å²) in [4.78, 5) is 16.2. The molecule has 0 aliphatic carbocycles. The summed E-state index contributed by atoms with van der Waals surface area (Å²) >= 11 is 0. The molecule has 158 valence electrons. The zero-order valence-electron chi connectivity index (χ0n) is 17.4. The minimum atomic E-state index is -3.56. The highest BCUT2D eigenvalue weighted by Gasteiger charge is 2.26. The number of H-pyrrole nitrogens is 1. The summed E-state index contributed by atoms with van der Waals surface area (Å²) in [6.45, 7) is 5.58. The van der Waals surface area contributed by atoms with Crippen LogP contribution in [0.4, 0.5) is 0 Å². The lowest BCUT2D eigenvalue weighted by Crippen LogP contribution is -2.35. The number of nitrogens with zero attached hydrogens (tertiary/aromatic N) is 1. The van der Waals surface area contributed by atoms with Crippen molar-refractivity contribution in [3.05, 3.63) is 64.8 Å². The number of hydrogen-bond acceptors (Lipinski definition) is 3. The second-order valence-corrected chi connectivity index (χ2v) is 9.87. The third-order valence-corrected chi connectivity index (χ3v) is 7.77. The maximum absolute atomic E-state index is 12.9. The first-order valence-corrected chi connectivity index (χ1v) is 11.8. The van der Waals surface area contributed by atoms with Crippen LogP contribution in [0, 0.1) is 13.8 Å². The number of fused-ring (bicyclic) bond motifs is 1. The molecule has 30 heavy (non-hydrogen) atoms. The van der Waals surface area contributed by atoms with Crippen LogP contribution in [-0.2, 0) is 16.6 Å². The van der Waals surface area contributed by atoms with Crippen LogP contribution in [0.1, 0.15) is 46.4 Å². The SMILES string of the molecule is Cc1[nH]c2ccc(CNC(=O)c3cccc(S(=O)(=O)N4CCCCC4)c3)cc2c1C. The van der Waals surface area contributed by atoms with Crippen LogP contribution in [0.15, 0.2) is 47.4 Å². The number of hydrogen-bond donors (Lipinski definition) is 2. The molecule has 1 fully saturated rings. The van der Waals surface area contributed by atoms with Gasteiger partial charge in [0.1, 0.15) is 0 Å². The predicted octanol–water partition coefficient (Wildman–Crippen LogP) is 3.89. The first-order chi connectivity index (χ1) is 14.4. The van der Waals surface area contributed by atoms with Crippen LogP contribution in [0.3, 0.4) is 0 Å². The van der Waals surface area contributed by atoms with Crippen LogP contribution >= 0.6 is 0 Å². The number of piperidine rings is 1. The van der Waals surface area contributed by atoms with Crippen molar-refractivity contribution in [3.8, 4) is 0 Å². The zero-order valence-corrected chi connectivity index (χ0v) is 18.2. The van der Waals surface area contributed by atoms with Crippen LogP contribution in [0.2, 0.25) is 0 Å². The van der Waals surface area contributed by atoms with Crippen molar-refractivity contribution in [1.29, 1.82) is 0 Å². The molecule has 0 bridgehead atoms. The van der Waals surface area contributed by atoms with Gasteiger partial charge in [-0.15, -0.1) is 0 Å². The number of aromatic nitrogens is 1. The minimum absolute atomic E-state index is 0.178. The summed E-state index contributed by atoms with van der Waals surface area (Å²) in [6.07, 6.45) is 2.82. The molecular formula is C23H27N3O3S. The molecule has 0 saturated carbocycles. The molecule has 0 radical (unpaired) electrons. The quantitative estimate of drug-likeness (QED) is 0.651. The molecule has 2 aromatic carbocycles. The third kappa shape index (κ3) is 4.00. The van der Waals surface area contributed by atoms with Crippen molar-refractivity contribution in [2.45, 2.75) is 44.6 Å². The summed E-state index contributed by atoms with van der Waals surface area (Å²) in [5.74, 6) is -0.284. The van der Waals surface area contributed by atoms with Crippen LogP contribution in [0.25, 0.3) is 10.9 Å². The first kappa shape index (κ1) is 20.6. The fourth-order valence-corrected chi connectivity index (χ4v) is 5.52. The van der Waals surface area contributed by atoms with Crippen LogP contribution < -0.4 is 5.32 Å². The molecule has 0 spiro atoms. The lowest BCUT2D eigenvalue weighted by Gasteiger charge is -2.26. The van der Waals surface area contributed by atoms with E-state index in [1.165, 1.54) is 15.9 Å². The van der Waals surface area contributed by atoms with E-state index < -0.39 is 10.0 Å². The predicted molar refractivity (Wildman–Crippen MR) is 118 cm³/mol. The molecule has 1 aliphatic rings. The number of aromatic amines is 1. The Kier molecular flexibility index (Phi) is 5.66. The molecular weight excluding hydrogens is 398 g/mol. The van der Waals surface area contributed by atoms with Gasteiger partial charge in [0.15, 0.2) is 0 Å². The van der Waals surface area contributed by atoms with Crippen molar-refractivity contribution in [3.63, 3.8) is 0 Å². The summed E-state index contributed by atoms with van der Waals surface area (Å²) in [6, 6.07) is 12.4. The topological polar surface area (TPSA) is 82.3 Å². The molecule has 2 heterocycles. The lowest BCUT2D eigenvalue weighted by atomic mass is 10.1. The van der Waals surface area contributed by atoms with Gasteiger partial charge in [-0.25, -0.2) is 8.42 Å². The fourth-order valence-electron chi connectivity index (χ4n) is 3.95. The van der Waals surface area contributed by atoms with Crippen molar-refractivity contribution in [2.24, 2.45) is 0 Å². The van der Waals surface area contributed by atoms with E-state index in [0.717, 1.165) is 41.4 Å². The van der Waals surface area contributed by atoms with E-state index in [2.05, 4.69) is 23.3 Å². The molecule has 6 nitrogen and oxygen atoms in total. The Labute approximate surface area is 177 Å². The van der Waals surface area contributed by atoms with E-state index in [4.69, 9.17) is 0 Å². The average Bonchev–Trinajstić information content (AvgIpc) is 3.06. The van der Waals surface area contributed by atoms with Crippen LogP contribution in [-0.4, -0.2) is 36.7 Å². The Morgan fingerprint density at radius 1 is 1.07 bits per heavy atom. The number of sulfonamides is 1. The highest BCUT2D eigenvalue weighted by molar-refractivity contribution is 7.89. The number of aryl methyl sites for hydroxylation is 2. The number of amides is 1. The van der Waals surface area contributed by atoms with E-state index in [1.54, 1.807) is 18.2 Å². The second-order valence-electron chi connectivity index (χ2n) is 7.93. The van der Waals surface area contributed by atoms with Gasteiger partial charge in [-0.05, 0) is 68.1 Å². The minimum Gasteiger partial charge on any atom is -0.358 e. The van der Waals surface area contributed by atoms with Gasteiger partial charge >= 0.3 is 0 Å². The van der Waals surface area contributed by atoms with E-state index in [-0.39, 0.29) is 10.8 Å². The monoisotopic (exact) mass is 425 g/mol. The van der Waals surface area contributed by atoms with Crippen molar-refractivity contribution in [2.75, 3.05) is 13.1 Å². The van der Waals surface area contributed by atoms with Crippen molar-refractivity contribution < 1.29 is 13.2 Å². The molecule has 1 aromatic heterocycles.